The Kier molecular flexibility index (Phi) is 4.35. The zero-order valence-electron chi connectivity index (χ0n) is 15.2. The van der Waals surface area contributed by atoms with E-state index >= 15 is 0 Å². The highest BCUT2D eigenvalue weighted by Crippen LogP contribution is 2.52. The largest absolute Gasteiger partial charge is 0.444 e. The highest BCUT2D eigenvalue weighted by atomic mass is 19.1. The molecule has 0 bridgehead atoms. The normalized spacial score (nSPS) is 22.5. The van der Waals surface area contributed by atoms with Crippen LogP contribution >= 0.6 is 0 Å². The van der Waals surface area contributed by atoms with E-state index in [2.05, 4.69) is 13.0 Å². The predicted molar refractivity (Wildman–Crippen MR) is 92.6 cm³/mol. The average Bonchev–Trinajstić information content (AvgIpc) is 2.88. The number of carbonyl (C=O) groups is 1. The number of benzene rings is 1. The van der Waals surface area contributed by atoms with E-state index in [-0.39, 0.29) is 17.3 Å². The van der Waals surface area contributed by atoms with Crippen LogP contribution in [0.15, 0.2) is 18.2 Å². The highest BCUT2D eigenvalue weighted by Gasteiger charge is 2.50. The van der Waals surface area contributed by atoms with Gasteiger partial charge in [0.1, 0.15) is 11.4 Å². The first-order valence-electron chi connectivity index (χ1n) is 8.97. The van der Waals surface area contributed by atoms with Gasteiger partial charge in [-0.15, -0.1) is 0 Å². The van der Waals surface area contributed by atoms with Crippen molar-refractivity contribution in [2.45, 2.75) is 64.9 Å². The molecule has 1 amide bonds. The zero-order valence-corrected chi connectivity index (χ0v) is 15.2. The first kappa shape index (κ1) is 17.2. The van der Waals surface area contributed by atoms with Gasteiger partial charge in [0.2, 0.25) is 0 Å². The second kappa shape index (κ2) is 6.05. The van der Waals surface area contributed by atoms with Crippen LogP contribution in [0, 0.1) is 11.2 Å². The number of aryl methyl sites for hydroxylation is 1. The molecular formula is C20H28FNO2. The number of ether oxygens (including phenoxy) is 1. The number of hydrogen-bond donors (Lipinski definition) is 0. The summed E-state index contributed by atoms with van der Waals surface area (Å²) in [5, 5.41) is 0. The van der Waals surface area contributed by atoms with E-state index in [1.54, 1.807) is 17.0 Å². The minimum Gasteiger partial charge on any atom is -0.444 e. The Labute approximate surface area is 144 Å². The van der Waals surface area contributed by atoms with Crippen LogP contribution in [0.5, 0.6) is 0 Å². The summed E-state index contributed by atoms with van der Waals surface area (Å²) >= 11 is 0. The van der Waals surface area contributed by atoms with E-state index in [1.807, 2.05) is 20.8 Å². The van der Waals surface area contributed by atoms with Gasteiger partial charge in [-0.3, -0.25) is 0 Å². The molecule has 0 aromatic heterocycles. The first-order chi connectivity index (χ1) is 11.2. The third-order valence-electron chi connectivity index (χ3n) is 5.27. The summed E-state index contributed by atoms with van der Waals surface area (Å²) in [6.07, 6.45) is 3.87. The smallest absolute Gasteiger partial charge is 0.410 e. The third-order valence-corrected chi connectivity index (χ3v) is 5.27. The van der Waals surface area contributed by atoms with Gasteiger partial charge in [-0.2, -0.15) is 0 Å². The molecule has 4 heteroatoms. The fourth-order valence-electron chi connectivity index (χ4n) is 4.11. The van der Waals surface area contributed by atoms with Crippen molar-refractivity contribution < 1.29 is 13.9 Å². The molecule has 1 aromatic rings. The zero-order chi connectivity index (χ0) is 17.5. The SMILES string of the molecule is CCc1cc(F)cc([C@@H]2CCC3(C2)CN(C(=O)OC(C)(C)C)C3)c1. The molecule has 132 valence electrons. The second-order valence-electron chi connectivity index (χ2n) is 8.52. The van der Waals surface area contributed by atoms with Crippen molar-refractivity contribution in [3.63, 3.8) is 0 Å². The molecule has 2 aliphatic rings. The maximum atomic E-state index is 13.8. The van der Waals surface area contributed by atoms with Crippen LogP contribution < -0.4 is 0 Å². The minimum absolute atomic E-state index is 0.130. The van der Waals surface area contributed by atoms with E-state index in [1.165, 1.54) is 0 Å². The fourth-order valence-corrected chi connectivity index (χ4v) is 4.11. The molecule has 2 fully saturated rings. The van der Waals surface area contributed by atoms with Crippen LogP contribution in [-0.4, -0.2) is 29.7 Å². The number of rotatable bonds is 2. The number of halogens is 1. The maximum absolute atomic E-state index is 13.8. The van der Waals surface area contributed by atoms with Gasteiger partial charge in [-0.25, -0.2) is 9.18 Å². The first-order valence-corrected chi connectivity index (χ1v) is 8.97. The summed E-state index contributed by atoms with van der Waals surface area (Å²) in [4.78, 5) is 13.9. The van der Waals surface area contributed by atoms with Gasteiger partial charge < -0.3 is 9.64 Å². The summed E-state index contributed by atoms with van der Waals surface area (Å²) in [5.74, 6) is 0.279. The number of nitrogens with zero attached hydrogens (tertiary/aromatic N) is 1. The summed E-state index contributed by atoms with van der Waals surface area (Å²) in [6, 6.07) is 5.46. The molecule has 1 atom stereocenters. The Hall–Kier alpha value is -1.58. The van der Waals surface area contributed by atoms with Crippen molar-refractivity contribution in [1.29, 1.82) is 0 Å². The summed E-state index contributed by atoms with van der Waals surface area (Å²) in [7, 11) is 0. The van der Waals surface area contributed by atoms with Gasteiger partial charge in [0.05, 0.1) is 0 Å². The number of amides is 1. The van der Waals surface area contributed by atoms with Crippen LogP contribution in [0.25, 0.3) is 0 Å². The Morgan fingerprint density at radius 1 is 1.33 bits per heavy atom. The minimum atomic E-state index is -0.448. The third kappa shape index (κ3) is 3.57. The average molecular weight is 333 g/mol. The molecule has 0 N–H and O–H groups in total. The van der Waals surface area contributed by atoms with Gasteiger partial charge in [-0.05, 0) is 75.6 Å². The van der Waals surface area contributed by atoms with Crippen molar-refractivity contribution in [3.8, 4) is 0 Å². The van der Waals surface area contributed by atoms with E-state index in [4.69, 9.17) is 4.74 Å². The maximum Gasteiger partial charge on any atom is 0.410 e. The molecular weight excluding hydrogens is 305 g/mol. The quantitative estimate of drug-likeness (QED) is 0.771. The van der Waals surface area contributed by atoms with Crippen LogP contribution in [-0.2, 0) is 11.2 Å². The number of hydrogen-bond acceptors (Lipinski definition) is 2. The van der Waals surface area contributed by atoms with Crippen LogP contribution in [0.1, 0.15) is 64.0 Å². The van der Waals surface area contributed by atoms with Crippen molar-refractivity contribution >= 4 is 6.09 Å². The summed E-state index contributed by atoms with van der Waals surface area (Å²) < 4.78 is 19.3. The molecule has 0 unspecified atom stereocenters. The highest BCUT2D eigenvalue weighted by molar-refractivity contribution is 5.69. The van der Waals surface area contributed by atoms with Crippen molar-refractivity contribution in [2.24, 2.45) is 5.41 Å². The lowest BCUT2D eigenvalue weighted by Gasteiger charge is -2.48. The van der Waals surface area contributed by atoms with Crippen molar-refractivity contribution in [1.82, 2.24) is 4.90 Å². The molecule has 3 nitrogen and oxygen atoms in total. The summed E-state index contributed by atoms with van der Waals surface area (Å²) in [6.45, 7) is 9.27. The molecule has 1 aromatic carbocycles. The lowest BCUT2D eigenvalue weighted by Crippen LogP contribution is -2.58. The molecule has 1 heterocycles. The Balaban J connectivity index is 1.61. The van der Waals surface area contributed by atoms with E-state index in [0.717, 1.165) is 49.9 Å². The van der Waals surface area contributed by atoms with E-state index in [0.29, 0.717) is 5.92 Å². The van der Waals surface area contributed by atoms with E-state index < -0.39 is 5.60 Å². The fraction of sp³-hybridized carbons (Fsp3) is 0.650. The van der Waals surface area contributed by atoms with E-state index in [9.17, 15) is 9.18 Å². The standard InChI is InChI=1S/C20H28FNO2/c1-5-14-8-16(10-17(21)9-14)15-6-7-20(11-15)12-22(13-20)18(23)24-19(2,3)4/h8-10,15H,5-7,11-13H2,1-4H3/t15-/m1/s1. The Bertz CT molecular complexity index is 629. The number of carbonyl (C=O) groups excluding carboxylic acids is 1. The van der Waals surface area contributed by atoms with Gasteiger partial charge in [0.15, 0.2) is 0 Å². The topological polar surface area (TPSA) is 29.5 Å². The molecule has 3 rings (SSSR count). The van der Waals surface area contributed by atoms with Gasteiger partial charge in [0, 0.05) is 18.5 Å². The lowest BCUT2D eigenvalue weighted by molar-refractivity contribution is -0.0323. The van der Waals surface area contributed by atoms with Crippen LogP contribution in [0.4, 0.5) is 9.18 Å². The molecule has 24 heavy (non-hydrogen) atoms. The summed E-state index contributed by atoms with van der Waals surface area (Å²) in [5.41, 5.74) is 1.95. The predicted octanol–water partition coefficient (Wildman–Crippen LogP) is 4.89. The molecule has 1 saturated heterocycles. The second-order valence-corrected chi connectivity index (χ2v) is 8.52. The number of likely N-dealkylation sites (tertiary alicyclic amines) is 1. The molecule has 0 radical (unpaired) electrons. The molecule has 1 aliphatic heterocycles. The molecule has 1 spiro atoms. The van der Waals surface area contributed by atoms with Crippen LogP contribution in [0.2, 0.25) is 0 Å². The lowest BCUT2D eigenvalue weighted by atomic mass is 9.77. The monoisotopic (exact) mass is 333 g/mol. The Morgan fingerprint density at radius 3 is 2.67 bits per heavy atom. The van der Waals surface area contributed by atoms with Crippen LogP contribution in [0.3, 0.4) is 0 Å². The Morgan fingerprint density at radius 2 is 2.04 bits per heavy atom. The van der Waals surface area contributed by atoms with Gasteiger partial charge in [0.25, 0.3) is 0 Å². The van der Waals surface area contributed by atoms with Crippen molar-refractivity contribution in [2.75, 3.05) is 13.1 Å². The molecule has 1 saturated carbocycles. The van der Waals surface area contributed by atoms with Gasteiger partial charge >= 0.3 is 6.09 Å². The molecule has 1 aliphatic carbocycles. The van der Waals surface area contributed by atoms with Crippen molar-refractivity contribution in [3.05, 3.63) is 35.1 Å². The van der Waals surface area contributed by atoms with Gasteiger partial charge in [-0.1, -0.05) is 13.0 Å².